The fraction of sp³-hybridized carbons (Fsp3) is 0.857. The van der Waals surface area contributed by atoms with E-state index in [4.69, 9.17) is 55.2 Å². The summed E-state index contributed by atoms with van der Waals surface area (Å²) in [5.41, 5.74) is -1.11. The molecule has 0 aromatic carbocycles. The molecular weight excluding hydrogens is 270 g/mol. The number of aliphatic hydroxyl groups is 4. The van der Waals surface area contributed by atoms with Crippen LogP contribution in [-0.2, 0) is 4.79 Å². The van der Waals surface area contributed by atoms with Crippen LogP contribution in [0.25, 0.3) is 0 Å². The van der Waals surface area contributed by atoms with E-state index in [1.54, 1.807) is 0 Å². The first kappa shape index (κ1) is 17.8. The highest BCUT2D eigenvalue weighted by Gasteiger charge is 2.26. The first-order valence-electron chi connectivity index (χ1n) is 3.77. The third-order valence-electron chi connectivity index (χ3n) is 1.48. The molecule has 0 rings (SSSR count). The van der Waals surface area contributed by atoms with Gasteiger partial charge in [-0.15, -0.1) is 0 Å². The number of halogens is 3. The van der Waals surface area contributed by atoms with Gasteiger partial charge in [-0.1, -0.05) is 34.8 Å². The van der Waals surface area contributed by atoms with Crippen molar-refractivity contribution < 1.29 is 25.2 Å². The van der Waals surface area contributed by atoms with E-state index in [1.165, 1.54) is 0 Å². The molecule has 0 spiro atoms. The van der Waals surface area contributed by atoms with Gasteiger partial charge in [0.2, 0.25) is 3.79 Å². The average molecular weight is 284 g/mol. The highest BCUT2D eigenvalue weighted by molar-refractivity contribution is 6.74. The Hall–Kier alpha value is 0.380. The molecule has 0 amide bonds. The Labute approximate surface area is 102 Å². The Kier molecular flexibility index (Phi) is 10.1. The summed E-state index contributed by atoms with van der Waals surface area (Å²) in [7, 11) is 0. The third kappa shape index (κ3) is 9.32. The summed E-state index contributed by atoms with van der Waals surface area (Å²) >= 11 is 14.6. The summed E-state index contributed by atoms with van der Waals surface area (Å²) in [4.78, 5) is 9.43. The maximum absolute atomic E-state index is 9.43. The van der Waals surface area contributed by atoms with Gasteiger partial charge in [0.05, 0.1) is 31.8 Å². The van der Waals surface area contributed by atoms with Crippen molar-refractivity contribution in [3.05, 3.63) is 0 Å². The minimum Gasteiger partial charge on any atom is -0.396 e. The Morgan fingerprint density at radius 1 is 0.867 bits per heavy atom. The maximum atomic E-state index is 9.43. The first-order chi connectivity index (χ1) is 6.80. The van der Waals surface area contributed by atoms with Crippen LogP contribution in [0.5, 0.6) is 0 Å². The summed E-state index contributed by atoms with van der Waals surface area (Å²) in [5, 5.41) is 34.0. The maximum Gasteiger partial charge on any atom is 0.245 e. The van der Waals surface area contributed by atoms with Crippen molar-refractivity contribution in [3.8, 4) is 0 Å². The molecular formula is C7H13Cl3O5. The van der Waals surface area contributed by atoms with E-state index in [0.717, 1.165) is 0 Å². The van der Waals surface area contributed by atoms with Gasteiger partial charge in [0.1, 0.15) is 0 Å². The summed E-state index contributed by atoms with van der Waals surface area (Å²) in [6.07, 6.45) is 0.234. The van der Waals surface area contributed by atoms with Gasteiger partial charge in [-0.2, -0.15) is 0 Å². The Morgan fingerprint density at radius 3 is 1.07 bits per heavy atom. The quantitative estimate of drug-likeness (QED) is 0.412. The SMILES string of the molecule is O=CC(Cl)(Cl)Cl.OCC(CO)(CO)CO. The van der Waals surface area contributed by atoms with Crippen LogP contribution in [0.2, 0.25) is 0 Å². The molecule has 0 aromatic rings. The van der Waals surface area contributed by atoms with Gasteiger partial charge >= 0.3 is 0 Å². The molecule has 0 saturated carbocycles. The van der Waals surface area contributed by atoms with Crippen LogP contribution < -0.4 is 0 Å². The van der Waals surface area contributed by atoms with Gasteiger partial charge in [-0.25, -0.2) is 0 Å². The fourth-order valence-electron chi connectivity index (χ4n) is 0.300. The van der Waals surface area contributed by atoms with Gasteiger partial charge in [0.15, 0.2) is 6.29 Å². The van der Waals surface area contributed by atoms with Crippen LogP contribution >= 0.6 is 34.8 Å². The van der Waals surface area contributed by atoms with Gasteiger partial charge in [0.25, 0.3) is 0 Å². The number of alkyl halides is 3. The van der Waals surface area contributed by atoms with Crippen LogP contribution in [0.15, 0.2) is 0 Å². The highest BCUT2D eigenvalue weighted by Crippen LogP contribution is 2.21. The lowest BCUT2D eigenvalue weighted by molar-refractivity contribution is -0.107. The number of rotatable bonds is 4. The summed E-state index contributed by atoms with van der Waals surface area (Å²) in [5.74, 6) is 0. The molecule has 0 aliphatic rings. The van der Waals surface area contributed by atoms with Crippen LogP contribution in [-0.4, -0.2) is 56.9 Å². The molecule has 0 heterocycles. The zero-order chi connectivity index (χ0) is 12.5. The topological polar surface area (TPSA) is 98.0 Å². The van der Waals surface area contributed by atoms with E-state index in [-0.39, 0.29) is 6.29 Å². The largest absolute Gasteiger partial charge is 0.396 e. The normalized spacial score (nSPS) is 11.7. The molecule has 8 heteroatoms. The van der Waals surface area contributed by atoms with Crippen LogP contribution in [0.4, 0.5) is 0 Å². The van der Waals surface area contributed by atoms with Gasteiger partial charge in [0, 0.05) is 0 Å². The van der Waals surface area contributed by atoms with E-state index in [2.05, 4.69) is 0 Å². The molecule has 0 aliphatic heterocycles. The Morgan fingerprint density at radius 2 is 1.07 bits per heavy atom. The van der Waals surface area contributed by atoms with Crippen molar-refractivity contribution in [1.29, 1.82) is 0 Å². The van der Waals surface area contributed by atoms with E-state index in [1.807, 2.05) is 0 Å². The molecule has 0 fully saturated rings. The van der Waals surface area contributed by atoms with Crippen molar-refractivity contribution in [3.63, 3.8) is 0 Å². The lowest BCUT2D eigenvalue weighted by atomic mass is 9.93. The second-order valence-corrected chi connectivity index (χ2v) is 5.16. The van der Waals surface area contributed by atoms with E-state index in [0.29, 0.717) is 0 Å². The molecule has 92 valence electrons. The summed E-state index contributed by atoms with van der Waals surface area (Å²) in [6, 6.07) is 0. The second kappa shape index (κ2) is 8.52. The van der Waals surface area contributed by atoms with Crippen molar-refractivity contribution in [1.82, 2.24) is 0 Å². The van der Waals surface area contributed by atoms with Crippen molar-refractivity contribution in [2.75, 3.05) is 26.4 Å². The highest BCUT2D eigenvalue weighted by atomic mass is 35.6. The molecule has 15 heavy (non-hydrogen) atoms. The van der Waals surface area contributed by atoms with Crippen LogP contribution in [0.1, 0.15) is 0 Å². The number of hydrogen-bond acceptors (Lipinski definition) is 5. The summed E-state index contributed by atoms with van der Waals surface area (Å²) in [6.45, 7) is -1.62. The number of aldehydes is 1. The van der Waals surface area contributed by atoms with Crippen molar-refractivity contribution in [2.24, 2.45) is 5.41 Å². The molecule has 0 saturated heterocycles. The fourth-order valence-corrected chi connectivity index (χ4v) is 0.300. The predicted molar refractivity (Wildman–Crippen MR) is 57.1 cm³/mol. The second-order valence-electron chi connectivity index (χ2n) is 2.79. The molecule has 4 N–H and O–H groups in total. The zero-order valence-electron chi connectivity index (χ0n) is 7.74. The van der Waals surface area contributed by atoms with Crippen molar-refractivity contribution in [2.45, 2.75) is 3.79 Å². The number of aliphatic hydroxyl groups excluding tert-OH is 4. The standard InChI is InChI=1S/C5H12O4.C2HCl3O/c6-1-5(2-7,3-8)4-9;3-2(4,5)1-6/h6-9H,1-4H2;1H. The van der Waals surface area contributed by atoms with Gasteiger partial charge in [-0.3, -0.25) is 4.79 Å². The van der Waals surface area contributed by atoms with Crippen LogP contribution in [0, 0.1) is 5.41 Å². The minimum atomic E-state index is -1.72. The molecule has 0 aliphatic carbocycles. The third-order valence-corrected chi connectivity index (χ3v) is 1.74. The Bertz CT molecular complexity index is 149. The lowest BCUT2D eigenvalue weighted by Crippen LogP contribution is -2.37. The monoisotopic (exact) mass is 282 g/mol. The minimum absolute atomic E-state index is 0.234. The molecule has 0 bridgehead atoms. The molecule has 0 atom stereocenters. The predicted octanol–water partition coefficient (Wildman–Crippen LogP) is -0.502. The van der Waals surface area contributed by atoms with E-state index in [9.17, 15) is 4.79 Å². The summed E-state index contributed by atoms with van der Waals surface area (Å²) < 4.78 is -1.72. The van der Waals surface area contributed by atoms with Gasteiger partial charge < -0.3 is 20.4 Å². The van der Waals surface area contributed by atoms with E-state index < -0.39 is 35.6 Å². The number of carbonyl (C=O) groups is 1. The van der Waals surface area contributed by atoms with Gasteiger partial charge in [-0.05, 0) is 0 Å². The smallest absolute Gasteiger partial charge is 0.245 e. The molecule has 0 radical (unpaired) electrons. The molecule has 0 aromatic heterocycles. The average Bonchev–Trinajstić information content (AvgIpc) is 2.22. The van der Waals surface area contributed by atoms with Crippen LogP contribution in [0.3, 0.4) is 0 Å². The molecule has 0 unspecified atom stereocenters. The lowest BCUT2D eigenvalue weighted by Gasteiger charge is -2.23. The van der Waals surface area contributed by atoms with E-state index >= 15 is 0 Å². The first-order valence-corrected chi connectivity index (χ1v) is 4.90. The van der Waals surface area contributed by atoms with Crippen molar-refractivity contribution >= 4 is 41.1 Å². The number of hydrogen-bond donors (Lipinski definition) is 4. The zero-order valence-corrected chi connectivity index (χ0v) is 10.0. The Balaban J connectivity index is 0. The molecule has 5 nitrogen and oxygen atoms in total. The number of carbonyl (C=O) groups excluding carboxylic acids is 1.